The van der Waals surface area contributed by atoms with Crippen molar-refractivity contribution in [1.29, 1.82) is 0 Å². The van der Waals surface area contributed by atoms with Gasteiger partial charge in [0, 0.05) is 6.54 Å². The van der Waals surface area contributed by atoms with Gasteiger partial charge in [-0.05, 0) is 31.0 Å². The Morgan fingerprint density at radius 2 is 1.86 bits per heavy atom. The van der Waals surface area contributed by atoms with E-state index in [9.17, 15) is 4.79 Å². The molecule has 0 fully saturated rings. The molecule has 0 spiro atoms. The van der Waals surface area contributed by atoms with Gasteiger partial charge < -0.3 is 10.6 Å². The standard InChI is InChI=1S/C16H20N4O/c1-3-13(12-8-6-5-7-9-12)18-15-11-10-14(19-20-15)16(21)17-4-2/h5-11,13H,3-4H2,1-2H3,(H,17,21)(H,18,20). The van der Waals surface area contributed by atoms with Gasteiger partial charge in [0.15, 0.2) is 5.69 Å². The van der Waals surface area contributed by atoms with E-state index in [-0.39, 0.29) is 11.9 Å². The minimum Gasteiger partial charge on any atom is -0.362 e. The van der Waals surface area contributed by atoms with Crippen LogP contribution in [0.3, 0.4) is 0 Å². The highest BCUT2D eigenvalue weighted by Crippen LogP contribution is 2.20. The van der Waals surface area contributed by atoms with Crippen LogP contribution >= 0.6 is 0 Å². The van der Waals surface area contributed by atoms with Gasteiger partial charge in [-0.2, -0.15) is 0 Å². The number of carbonyl (C=O) groups is 1. The molecule has 1 aromatic heterocycles. The van der Waals surface area contributed by atoms with E-state index in [1.807, 2.05) is 25.1 Å². The third kappa shape index (κ3) is 4.02. The molecule has 1 atom stereocenters. The number of hydrogen-bond acceptors (Lipinski definition) is 4. The predicted octanol–water partition coefficient (Wildman–Crippen LogP) is 2.79. The van der Waals surface area contributed by atoms with E-state index in [1.54, 1.807) is 12.1 Å². The lowest BCUT2D eigenvalue weighted by atomic mass is 10.0. The maximum atomic E-state index is 11.6. The van der Waals surface area contributed by atoms with Crippen LogP contribution in [0.25, 0.3) is 0 Å². The molecule has 110 valence electrons. The lowest BCUT2D eigenvalue weighted by Crippen LogP contribution is -2.24. The third-order valence-corrected chi connectivity index (χ3v) is 3.17. The zero-order valence-corrected chi connectivity index (χ0v) is 12.3. The molecule has 5 nitrogen and oxygen atoms in total. The second-order valence-electron chi connectivity index (χ2n) is 4.68. The molecule has 0 saturated heterocycles. The summed E-state index contributed by atoms with van der Waals surface area (Å²) in [6.45, 7) is 4.56. The average Bonchev–Trinajstić information content (AvgIpc) is 2.54. The highest BCUT2D eigenvalue weighted by atomic mass is 16.1. The Balaban J connectivity index is 2.07. The molecule has 1 amide bonds. The van der Waals surface area contributed by atoms with Crippen molar-refractivity contribution in [2.24, 2.45) is 0 Å². The van der Waals surface area contributed by atoms with E-state index >= 15 is 0 Å². The summed E-state index contributed by atoms with van der Waals surface area (Å²) in [5.74, 6) is 0.463. The number of benzene rings is 1. The molecular weight excluding hydrogens is 264 g/mol. The summed E-state index contributed by atoms with van der Waals surface area (Å²) >= 11 is 0. The van der Waals surface area contributed by atoms with Crippen molar-refractivity contribution in [2.45, 2.75) is 26.3 Å². The van der Waals surface area contributed by atoms with Crippen LogP contribution in [0.4, 0.5) is 5.82 Å². The summed E-state index contributed by atoms with van der Waals surface area (Å²) in [5.41, 5.74) is 1.53. The summed E-state index contributed by atoms with van der Waals surface area (Å²) in [4.78, 5) is 11.6. The Bertz CT molecular complexity index is 569. The molecule has 2 aromatic rings. The quantitative estimate of drug-likeness (QED) is 0.856. The van der Waals surface area contributed by atoms with Gasteiger partial charge in [0.25, 0.3) is 5.91 Å². The molecule has 2 N–H and O–H groups in total. The van der Waals surface area contributed by atoms with Crippen LogP contribution in [-0.2, 0) is 0 Å². The van der Waals surface area contributed by atoms with E-state index in [1.165, 1.54) is 5.56 Å². The second-order valence-corrected chi connectivity index (χ2v) is 4.68. The molecule has 0 bridgehead atoms. The van der Waals surface area contributed by atoms with Crippen molar-refractivity contribution in [1.82, 2.24) is 15.5 Å². The van der Waals surface area contributed by atoms with Gasteiger partial charge in [0.05, 0.1) is 6.04 Å². The van der Waals surface area contributed by atoms with E-state index < -0.39 is 0 Å². The largest absolute Gasteiger partial charge is 0.362 e. The molecule has 5 heteroatoms. The Kier molecular flexibility index (Phi) is 5.26. The van der Waals surface area contributed by atoms with Crippen molar-refractivity contribution in [3.63, 3.8) is 0 Å². The summed E-state index contributed by atoms with van der Waals surface area (Å²) < 4.78 is 0. The lowest BCUT2D eigenvalue weighted by Gasteiger charge is -2.17. The van der Waals surface area contributed by atoms with Gasteiger partial charge in [-0.25, -0.2) is 0 Å². The van der Waals surface area contributed by atoms with Crippen LogP contribution in [0, 0.1) is 0 Å². The van der Waals surface area contributed by atoms with Crippen molar-refractivity contribution in [3.8, 4) is 0 Å². The number of rotatable bonds is 6. The third-order valence-electron chi connectivity index (χ3n) is 3.17. The Morgan fingerprint density at radius 3 is 2.43 bits per heavy atom. The number of aromatic nitrogens is 2. The van der Waals surface area contributed by atoms with Gasteiger partial charge in [0.1, 0.15) is 5.82 Å². The minimum atomic E-state index is -0.202. The zero-order chi connectivity index (χ0) is 15.1. The van der Waals surface area contributed by atoms with Gasteiger partial charge in [-0.3, -0.25) is 4.79 Å². The van der Waals surface area contributed by atoms with E-state index in [4.69, 9.17) is 0 Å². The first-order valence-corrected chi connectivity index (χ1v) is 7.18. The van der Waals surface area contributed by atoms with Crippen molar-refractivity contribution in [3.05, 3.63) is 53.7 Å². The van der Waals surface area contributed by atoms with Crippen LogP contribution < -0.4 is 10.6 Å². The van der Waals surface area contributed by atoms with E-state index in [2.05, 4.69) is 39.9 Å². The lowest BCUT2D eigenvalue weighted by molar-refractivity contribution is 0.0950. The fourth-order valence-corrected chi connectivity index (χ4v) is 2.07. The van der Waals surface area contributed by atoms with Crippen molar-refractivity contribution in [2.75, 3.05) is 11.9 Å². The monoisotopic (exact) mass is 284 g/mol. The number of nitrogens with one attached hydrogen (secondary N) is 2. The van der Waals surface area contributed by atoms with Crippen molar-refractivity contribution >= 4 is 11.7 Å². The molecule has 1 aromatic carbocycles. The average molecular weight is 284 g/mol. The number of hydrogen-bond donors (Lipinski definition) is 2. The number of anilines is 1. The molecule has 0 aliphatic rings. The molecule has 0 saturated carbocycles. The van der Waals surface area contributed by atoms with Crippen LogP contribution in [-0.4, -0.2) is 22.6 Å². The molecule has 0 aliphatic heterocycles. The molecule has 2 rings (SSSR count). The molecule has 1 unspecified atom stereocenters. The van der Waals surface area contributed by atoms with Crippen LogP contribution in [0.2, 0.25) is 0 Å². The number of carbonyl (C=O) groups excluding carboxylic acids is 1. The van der Waals surface area contributed by atoms with Crippen LogP contribution in [0.1, 0.15) is 42.4 Å². The van der Waals surface area contributed by atoms with Gasteiger partial charge >= 0.3 is 0 Å². The first-order chi connectivity index (χ1) is 10.2. The highest BCUT2D eigenvalue weighted by Gasteiger charge is 2.11. The molecule has 0 radical (unpaired) electrons. The van der Waals surface area contributed by atoms with Crippen LogP contribution in [0.5, 0.6) is 0 Å². The van der Waals surface area contributed by atoms with Gasteiger partial charge in [-0.1, -0.05) is 37.3 Å². The van der Waals surface area contributed by atoms with Gasteiger partial charge in [0.2, 0.25) is 0 Å². The van der Waals surface area contributed by atoms with Crippen molar-refractivity contribution < 1.29 is 4.79 Å². The maximum Gasteiger partial charge on any atom is 0.271 e. The summed E-state index contributed by atoms with van der Waals surface area (Å²) in [7, 11) is 0. The topological polar surface area (TPSA) is 66.9 Å². The smallest absolute Gasteiger partial charge is 0.271 e. The molecular formula is C16H20N4O. The van der Waals surface area contributed by atoms with E-state index in [0.29, 0.717) is 18.1 Å². The minimum absolute atomic E-state index is 0.177. The molecule has 0 aliphatic carbocycles. The zero-order valence-electron chi connectivity index (χ0n) is 12.3. The Morgan fingerprint density at radius 1 is 1.10 bits per heavy atom. The predicted molar refractivity (Wildman–Crippen MR) is 83.1 cm³/mol. The normalized spacial score (nSPS) is 11.7. The van der Waals surface area contributed by atoms with Gasteiger partial charge in [-0.15, -0.1) is 10.2 Å². The number of nitrogens with zero attached hydrogens (tertiary/aromatic N) is 2. The first-order valence-electron chi connectivity index (χ1n) is 7.18. The molecule has 21 heavy (non-hydrogen) atoms. The first kappa shape index (κ1) is 15.0. The summed E-state index contributed by atoms with van der Waals surface area (Å²) in [5, 5.41) is 14.1. The fourth-order valence-electron chi connectivity index (χ4n) is 2.07. The number of amides is 1. The second kappa shape index (κ2) is 7.38. The highest BCUT2D eigenvalue weighted by molar-refractivity contribution is 5.92. The summed E-state index contributed by atoms with van der Waals surface area (Å²) in [6.07, 6.45) is 0.934. The molecule has 1 heterocycles. The fraction of sp³-hybridized carbons (Fsp3) is 0.312. The van der Waals surface area contributed by atoms with Crippen LogP contribution in [0.15, 0.2) is 42.5 Å². The SMILES string of the molecule is CCNC(=O)c1ccc(NC(CC)c2ccccc2)nn1. The Hall–Kier alpha value is -2.43. The van der Waals surface area contributed by atoms with E-state index in [0.717, 1.165) is 6.42 Å². The summed E-state index contributed by atoms with van der Waals surface area (Å²) in [6, 6.07) is 13.8. The Labute approximate surface area is 124 Å². The maximum absolute atomic E-state index is 11.6.